The van der Waals surface area contributed by atoms with Crippen molar-refractivity contribution in [3.8, 4) is 17.2 Å². The second-order valence-corrected chi connectivity index (χ2v) is 9.13. The number of fused-ring (bicyclic) bond motifs is 1. The Hall–Kier alpha value is -2.89. The molecule has 0 radical (unpaired) electrons. The first-order valence-electron chi connectivity index (χ1n) is 10.9. The number of hydrogen-bond acceptors (Lipinski definition) is 6. The fourth-order valence-electron chi connectivity index (χ4n) is 4.13. The van der Waals surface area contributed by atoms with Crippen LogP contribution in [0.25, 0.3) is 0 Å². The first kappa shape index (κ1) is 22.8. The minimum atomic E-state index is -0.425. The molecule has 1 aliphatic heterocycles. The zero-order valence-electron chi connectivity index (χ0n) is 18.4. The van der Waals surface area contributed by atoms with Crippen LogP contribution in [0.2, 0.25) is 0 Å². The standard InChI is InChI=1S/C25H30O6/c1-15(2)5-4-11-25(3)12-10-18-23(30)19(14-22(29)24(18)31-25)21(28)8-6-16-13-17(26)7-9-20(16)27/h7,9,13-15,29-30H,4-6,8,10-12H2,1-3H3. The van der Waals surface area contributed by atoms with E-state index in [9.17, 15) is 24.6 Å². The van der Waals surface area contributed by atoms with Crippen molar-refractivity contribution in [1.82, 2.24) is 0 Å². The van der Waals surface area contributed by atoms with Gasteiger partial charge in [-0.2, -0.15) is 0 Å². The molecule has 0 aromatic heterocycles. The van der Waals surface area contributed by atoms with Crippen LogP contribution in [0.3, 0.4) is 0 Å². The average Bonchev–Trinajstić information content (AvgIpc) is 2.70. The lowest BCUT2D eigenvalue weighted by molar-refractivity contribution is -0.114. The summed E-state index contributed by atoms with van der Waals surface area (Å²) in [6.45, 7) is 6.37. The average molecular weight is 427 g/mol. The number of phenolic OH excluding ortho intramolecular Hbond substituents is 2. The summed E-state index contributed by atoms with van der Waals surface area (Å²) in [6.07, 6.45) is 7.78. The molecule has 1 aliphatic carbocycles. The van der Waals surface area contributed by atoms with Gasteiger partial charge in [0, 0.05) is 17.6 Å². The number of rotatable bonds is 8. The van der Waals surface area contributed by atoms with E-state index in [-0.39, 0.29) is 52.8 Å². The molecule has 1 heterocycles. The summed E-state index contributed by atoms with van der Waals surface area (Å²) < 4.78 is 6.11. The van der Waals surface area contributed by atoms with E-state index in [0.29, 0.717) is 24.3 Å². The highest BCUT2D eigenvalue weighted by atomic mass is 16.5. The van der Waals surface area contributed by atoms with Crippen LogP contribution in [0.1, 0.15) is 75.2 Å². The van der Waals surface area contributed by atoms with Crippen LogP contribution in [-0.2, 0) is 16.0 Å². The molecule has 0 fully saturated rings. The van der Waals surface area contributed by atoms with Crippen molar-refractivity contribution in [3.05, 3.63) is 41.0 Å². The molecule has 0 bridgehead atoms. The second kappa shape index (κ2) is 9.08. The van der Waals surface area contributed by atoms with Crippen molar-refractivity contribution in [3.63, 3.8) is 0 Å². The smallest absolute Gasteiger partial charge is 0.182 e. The molecule has 3 rings (SSSR count). The van der Waals surface area contributed by atoms with Gasteiger partial charge in [0.15, 0.2) is 28.8 Å². The topological polar surface area (TPSA) is 101 Å². The number of benzene rings is 1. The van der Waals surface area contributed by atoms with Gasteiger partial charge in [0.25, 0.3) is 0 Å². The Kier molecular flexibility index (Phi) is 6.68. The van der Waals surface area contributed by atoms with Gasteiger partial charge in [-0.25, -0.2) is 0 Å². The Bertz CT molecular complexity index is 969. The van der Waals surface area contributed by atoms with Gasteiger partial charge in [0.2, 0.25) is 0 Å². The van der Waals surface area contributed by atoms with Crippen LogP contribution in [0.15, 0.2) is 29.9 Å². The third-order valence-electron chi connectivity index (χ3n) is 6.02. The maximum absolute atomic E-state index is 12.7. The summed E-state index contributed by atoms with van der Waals surface area (Å²) in [4.78, 5) is 36.0. The van der Waals surface area contributed by atoms with Gasteiger partial charge in [-0.05, 0) is 69.2 Å². The summed E-state index contributed by atoms with van der Waals surface area (Å²) >= 11 is 0. The van der Waals surface area contributed by atoms with Crippen molar-refractivity contribution in [2.24, 2.45) is 5.92 Å². The molecule has 1 unspecified atom stereocenters. The zero-order valence-corrected chi connectivity index (χ0v) is 18.4. The van der Waals surface area contributed by atoms with Crippen molar-refractivity contribution < 1.29 is 29.3 Å². The summed E-state index contributed by atoms with van der Waals surface area (Å²) in [5.74, 6) is -0.483. The van der Waals surface area contributed by atoms with Gasteiger partial charge in [-0.3, -0.25) is 14.4 Å². The maximum atomic E-state index is 12.7. The van der Waals surface area contributed by atoms with Crippen LogP contribution in [-0.4, -0.2) is 33.2 Å². The molecule has 0 saturated heterocycles. The molecule has 6 heteroatoms. The van der Waals surface area contributed by atoms with E-state index in [1.165, 1.54) is 24.3 Å². The Morgan fingerprint density at radius 2 is 1.97 bits per heavy atom. The van der Waals surface area contributed by atoms with Crippen molar-refractivity contribution in [2.75, 3.05) is 0 Å². The highest BCUT2D eigenvalue weighted by molar-refractivity contribution is 6.17. The molecular weight excluding hydrogens is 396 g/mol. The molecule has 0 saturated carbocycles. The van der Waals surface area contributed by atoms with E-state index in [2.05, 4.69) is 13.8 Å². The highest BCUT2D eigenvalue weighted by Gasteiger charge is 2.35. The highest BCUT2D eigenvalue weighted by Crippen LogP contribution is 2.47. The van der Waals surface area contributed by atoms with Crippen LogP contribution in [0.5, 0.6) is 17.2 Å². The van der Waals surface area contributed by atoms with Crippen molar-refractivity contribution >= 4 is 17.3 Å². The van der Waals surface area contributed by atoms with Gasteiger partial charge in [-0.15, -0.1) is 0 Å². The summed E-state index contributed by atoms with van der Waals surface area (Å²) in [6, 6.07) is 1.23. The number of ketones is 3. The Morgan fingerprint density at radius 1 is 1.23 bits per heavy atom. The van der Waals surface area contributed by atoms with Gasteiger partial charge in [-0.1, -0.05) is 20.3 Å². The minimum absolute atomic E-state index is 0.00832. The van der Waals surface area contributed by atoms with Crippen LogP contribution in [0, 0.1) is 5.92 Å². The molecular formula is C25H30O6. The Morgan fingerprint density at radius 3 is 2.68 bits per heavy atom. The first-order chi connectivity index (χ1) is 14.6. The number of carbonyl (C=O) groups is 3. The number of phenols is 2. The summed E-state index contributed by atoms with van der Waals surface area (Å²) in [5.41, 5.74) is 0.290. The summed E-state index contributed by atoms with van der Waals surface area (Å²) in [7, 11) is 0. The van der Waals surface area contributed by atoms with E-state index in [4.69, 9.17) is 4.74 Å². The fraction of sp³-hybridized carbons (Fsp3) is 0.480. The van der Waals surface area contributed by atoms with Crippen LogP contribution in [0.4, 0.5) is 0 Å². The van der Waals surface area contributed by atoms with Gasteiger partial charge >= 0.3 is 0 Å². The van der Waals surface area contributed by atoms with Gasteiger partial charge in [0.05, 0.1) is 5.56 Å². The lowest BCUT2D eigenvalue weighted by Crippen LogP contribution is -2.36. The number of ether oxygens (including phenoxy) is 1. The van der Waals surface area contributed by atoms with Gasteiger partial charge in [0.1, 0.15) is 11.4 Å². The number of carbonyl (C=O) groups excluding carboxylic acids is 3. The zero-order chi connectivity index (χ0) is 22.8. The summed E-state index contributed by atoms with van der Waals surface area (Å²) in [5, 5.41) is 21.3. The number of Topliss-reactive ketones (excluding diaryl/α,β-unsaturated/α-hetero) is 1. The van der Waals surface area contributed by atoms with E-state index in [1.807, 2.05) is 6.92 Å². The number of aromatic hydroxyl groups is 2. The quantitative estimate of drug-likeness (QED) is 0.358. The SMILES string of the molecule is CC(C)CCCC1(C)CCc2c(O)c(C(=O)CCC3=CC(=O)C=CC3=O)cc(O)c2O1. The second-order valence-electron chi connectivity index (χ2n) is 9.13. The Balaban J connectivity index is 1.74. The van der Waals surface area contributed by atoms with Crippen LogP contribution >= 0.6 is 0 Å². The third-order valence-corrected chi connectivity index (χ3v) is 6.02. The predicted molar refractivity (Wildman–Crippen MR) is 117 cm³/mol. The monoisotopic (exact) mass is 426 g/mol. The first-order valence-corrected chi connectivity index (χ1v) is 10.9. The van der Waals surface area contributed by atoms with Crippen LogP contribution < -0.4 is 4.74 Å². The number of hydrogen-bond donors (Lipinski definition) is 2. The fourth-order valence-corrected chi connectivity index (χ4v) is 4.13. The van der Waals surface area contributed by atoms with Crippen molar-refractivity contribution in [1.29, 1.82) is 0 Å². The predicted octanol–water partition coefficient (Wildman–Crippen LogP) is 4.61. The minimum Gasteiger partial charge on any atom is -0.507 e. The molecule has 0 spiro atoms. The molecule has 1 aromatic carbocycles. The lowest BCUT2D eigenvalue weighted by atomic mass is 9.86. The maximum Gasteiger partial charge on any atom is 0.182 e. The lowest BCUT2D eigenvalue weighted by Gasteiger charge is -2.37. The normalized spacial score (nSPS) is 20.5. The molecule has 166 valence electrons. The largest absolute Gasteiger partial charge is 0.507 e. The molecule has 31 heavy (non-hydrogen) atoms. The van der Waals surface area contributed by atoms with E-state index in [0.717, 1.165) is 19.3 Å². The van der Waals surface area contributed by atoms with Gasteiger partial charge < -0.3 is 14.9 Å². The molecule has 2 aliphatic rings. The number of allylic oxidation sites excluding steroid dienone is 4. The van der Waals surface area contributed by atoms with E-state index in [1.54, 1.807) is 0 Å². The molecule has 6 nitrogen and oxygen atoms in total. The molecule has 0 amide bonds. The third kappa shape index (κ3) is 5.24. The van der Waals surface area contributed by atoms with Crippen molar-refractivity contribution in [2.45, 2.75) is 71.3 Å². The molecule has 2 N–H and O–H groups in total. The van der Waals surface area contributed by atoms with E-state index < -0.39 is 11.4 Å². The van der Waals surface area contributed by atoms with E-state index >= 15 is 0 Å². The molecule has 1 atom stereocenters. The Labute approximate surface area is 182 Å². The molecule has 1 aromatic rings.